The van der Waals surface area contributed by atoms with E-state index in [-0.39, 0.29) is 23.5 Å². The Morgan fingerprint density at radius 1 is 1.14 bits per heavy atom. The minimum Gasteiger partial charge on any atom is -0.493 e. The highest BCUT2D eigenvalue weighted by Gasteiger charge is 2.22. The van der Waals surface area contributed by atoms with Crippen LogP contribution in [-0.4, -0.2) is 44.4 Å². The van der Waals surface area contributed by atoms with E-state index in [0.29, 0.717) is 48.4 Å². The zero-order valence-corrected chi connectivity index (χ0v) is 20.5. The van der Waals surface area contributed by atoms with E-state index in [1.807, 2.05) is 55.8 Å². The number of anilines is 2. The Hall–Kier alpha value is -4.27. The Morgan fingerprint density at radius 3 is 2.75 bits per heavy atom. The van der Waals surface area contributed by atoms with Crippen molar-refractivity contribution in [3.8, 4) is 17.1 Å². The lowest BCUT2D eigenvalue weighted by atomic mass is 10.1. The van der Waals surface area contributed by atoms with Crippen LogP contribution in [0.25, 0.3) is 22.3 Å². The van der Waals surface area contributed by atoms with Crippen molar-refractivity contribution in [2.24, 2.45) is 18.9 Å². The van der Waals surface area contributed by atoms with Gasteiger partial charge in [0.2, 0.25) is 11.9 Å². The van der Waals surface area contributed by atoms with E-state index in [1.165, 1.54) is 0 Å². The van der Waals surface area contributed by atoms with Gasteiger partial charge < -0.3 is 19.9 Å². The summed E-state index contributed by atoms with van der Waals surface area (Å²) in [6.45, 7) is 4.92. The summed E-state index contributed by atoms with van der Waals surface area (Å²) in [6, 6.07) is 13.3. The van der Waals surface area contributed by atoms with Crippen molar-refractivity contribution in [3.05, 3.63) is 60.6 Å². The first-order valence-electron chi connectivity index (χ1n) is 12.0. The van der Waals surface area contributed by atoms with Crippen molar-refractivity contribution < 1.29 is 14.3 Å². The number of aryl methyl sites for hydroxylation is 1. The molecular formula is C27H28N6O3. The molecule has 4 heterocycles. The van der Waals surface area contributed by atoms with Crippen molar-refractivity contribution in [2.75, 3.05) is 18.5 Å². The number of Topliss-reactive ketones (excluding diaryl/α,β-unsaturated/α-hetero) is 1. The van der Waals surface area contributed by atoms with Crippen LogP contribution in [0.1, 0.15) is 30.8 Å². The fourth-order valence-corrected chi connectivity index (χ4v) is 4.27. The molecule has 0 aliphatic carbocycles. The molecule has 1 unspecified atom stereocenters. The van der Waals surface area contributed by atoms with Crippen molar-refractivity contribution in [2.45, 2.75) is 20.3 Å². The predicted octanol–water partition coefficient (Wildman–Crippen LogP) is 4.13. The molecule has 1 saturated heterocycles. The number of ether oxygens (including phenoxy) is 1. The Balaban J connectivity index is 1.33. The number of fused-ring (bicyclic) bond motifs is 1. The number of hydrogen-bond donors (Lipinski definition) is 2. The molecule has 1 aromatic carbocycles. The van der Waals surface area contributed by atoms with Crippen LogP contribution < -0.4 is 15.4 Å². The van der Waals surface area contributed by atoms with Crippen LogP contribution in [0.2, 0.25) is 0 Å². The van der Waals surface area contributed by atoms with E-state index >= 15 is 0 Å². The van der Waals surface area contributed by atoms with Crippen LogP contribution in [0.4, 0.5) is 11.6 Å². The zero-order chi connectivity index (χ0) is 25.2. The van der Waals surface area contributed by atoms with Crippen molar-refractivity contribution in [1.29, 1.82) is 0 Å². The van der Waals surface area contributed by atoms with E-state index in [9.17, 15) is 9.59 Å². The molecule has 2 N–H and O–H groups in total. The minimum absolute atomic E-state index is 0.0656. The summed E-state index contributed by atoms with van der Waals surface area (Å²) < 4.78 is 7.82. The molecule has 1 amide bonds. The third-order valence-electron chi connectivity index (χ3n) is 6.28. The average molecular weight is 485 g/mol. The quantitative estimate of drug-likeness (QED) is 0.362. The Morgan fingerprint density at radius 2 is 1.97 bits per heavy atom. The molecule has 9 heteroatoms. The van der Waals surface area contributed by atoms with Crippen molar-refractivity contribution >= 4 is 34.2 Å². The number of carbonyl (C=O) groups excluding carboxylic acids is 2. The molecule has 1 atom stereocenters. The maximum atomic E-state index is 12.5. The standard InChI is InChI=1S/C27H28N6O3/c1-16(2)26(35)24-11-18-4-5-19(12-23(18)33(24)3)31-27-29-9-7-21(32-27)22-13-20(6-8-28-22)36-15-17-10-25(34)30-14-17/h4-9,11-13,16-17H,10,14-15H2,1-3H3,(H,30,34)(H,29,31,32). The number of benzene rings is 1. The Labute approximate surface area is 208 Å². The van der Waals surface area contributed by atoms with Crippen molar-refractivity contribution in [1.82, 2.24) is 24.8 Å². The Bertz CT molecular complexity index is 1440. The fraction of sp³-hybridized carbons (Fsp3) is 0.296. The van der Waals surface area contributed by atoms with E-state index in [2.05, 4.69) is 25.6 Å². The van der Waals surface area contributed by atoms with E-state index in [1.54, 1.807) is 24.5 Å². The molecule has 0 spiro atoms. The van der Waals surface area contributed by atoms with Crippen LogP contribution >= 0.6 is 0 Å². The van der Waals surface area contributed by atoms with E-state index < -0.39 is 0 Å². The lowest BCUT2D eigenvalue weighted by Crippen LogP contribution is -2.16. The number of aromatic nitrogens is 4. The second-order valence-electron chi connectivity index (χ2n) is 9.33. The normalized spacial score (nSPS) is 15.3. The molecule has 0 radical (unpaired) electrons. The van der Waals surface area contributed by atoms with Gasteiger partial charge in [-0.3, -0.25) is 14.6 Å². The lowest BCUT2D eigenvalue weighted by molar-refractivity contribution is -0.119. The number of hydrogen-bond acceptors (Lipinski definition) is 7. The third kappa shape index (κ3) is 4.91. The number of carbonyl (C=O) groups is 2. The number of pyridine rings is 1. The number of nitrogens with zero attached hydrogens (tertiary/aromatic N) is 4. The summed E-state index contributed by atoms with van der Waals surface area (Å²) in [5.74, 6) is 1.40. The lowest BCUT2D eigenvalue weighted by Gasteiger charge is -2.11. The van der Waals surface area contributed by atoms with Gasteiger partial charge in [-0.05, 0) is 30.3 Å². The van der Waals surface area contributed by atoms with Gasteiger partial charge in [0, 0.05) is 61.4 Å². The largest absolute Gasteiger partial charge is 0.493 e. The van der Waals surface area contributed by atoms with Gasteiger partial charge in [0.05, 0.1) is 29.2 Å². The zero-order valence-electron chi connectivity index (χ0n) is 20.5. The second-order valence-corrected chi connectivity index (χ2v) is 9.33. The molecule has 184 valence electrons. The van der Waals surface area contributed by atoms with Gasteiger partial charge in [-0.2, -0.15) is 0 Å². The number of amides is 1. The monoisotopic (exact) mass is 484 g/mol. The van der Waals surface area contributed by atoms with Gasteiger partial charge in [-0.1, -0.05) is 19.9 Å². The predicted molar refractivity (Wildman–Crippen MR) is 137 cm³/mol. The van der Waals surface area contributed by atoms with Crippen LogP contribution in [0.3, 0.4) is 0 Å². The molecule has 1 aliphatic rings. The summed E-state index contributed by atoms with van der Waals surface area (Å²) in [5.41, 5.74) is 3.77. The SMILES string of the molecule is CC(C)C(=O)c1cc2ccc(Nc3nccc(-c4cc(OCC5CNC(=O)C5)ccn4)n3)cc2n1C. The molecular weight excluding hydrogens is 456 g/mol. The first kappa shape index (κ1) is 23.5. The van der Waals surface area contributed by atoms with Gasteiger partial charge >= 0.3 is 0 Å². The second kappa shape index (κ2) is 9.77. The number of ketones is 1. The molecule has 36 heavy (non-hydrogen) atoms. The van der Waals surface area contributed by atoms with E-state index in [0.717, 1.165) is 16.6 Å². The topological polar surface area (TPSA) is 111 Å². The first-order chi connectivity index (χ1) is 17.4. The van der Waals surface area contributed by atoms with Crippen LogP contribution in [-0.2, 0) is 11.8 Å². The Kier molecular flexibility index (Phi) is 6.37. The highest BCUT2D eigenvalue weighted by molar-refractivity contribution is 6.01. The molecule has 5 rings (SSSR count). The van der Waals surface area contributed by atoms with Crippen molar-refractivity contribution in [3.63, 3.8) is 0 Å². The molecule has 9 nitrogen and oxygen atoms in total. The summed E-state index contributed by atoms with van der Waals surface area (Å²) in [7, 11) is 1.90. The molecule has 1 fully saturated rings. The van der Waals surface area contributed by atoms with E-state index in [4.69, 9.17) is 4.74 Å². The molecule has 3 aromatic heterocycles. The summed E-state index contributed by atoms with van der Waals surface area (Å²) >= 11 is 0. The third-order valence-corrected chi connectivity index (χ3v) is 6.28. The summed E-state index contributed by atoms with van der Waals surface area (Å²) in [4.78, 5) is 37.4. The van der Waals surface area contributed by atoms with Gasteiger partial charge in [0.15, 0.2) is 5.78 Å². The van der Waals surface area contributed by atoms with Gasteiger partial charge in [-0.25, -0.2) is 9.97 Å². The maximum absolute atomic E-state index is 12.5. The number of rotatable bonds is 8. The van der Waals surface area contributed by atoms with Gasteiger partial charge in [0.25, 0.3) is 0 Å². The molecule has 4 aromatic rings. The maximum Gasteiger partial charge on any atom is 0.227 e. The van der Waals surface area contributed by atoms with Crippen LogP contribution in [0.5, 0.6) is 5.75 Å². The highest BCUT2D eigenvalue weighted by Crippen LogP contribution is 2.26. The first-order valence-corrected chi connectivity index (χ1v) is 12.0. The molecule has 0 saturated carbocycles. The highest BCUT2D eigenvalue weighted by atomic mass is 16.5. The molecule has 1 aliphatic heterocycles. The average Bonchev–Trinajstić information content (AvgIpc) is 3.45. The summed E-state index contributed by atoms with van der Waals surface area (Å²) in [5, 5.41) is 7.08. The van der Waals surface area contributed by atoms with Gasteiger partial charge in [0.1, 0.15) is 5.75 Å². The minimum atomic E-state index is -0.0665. The fourth-order valence-electron chi connectivity index (χ4n) is 4.27. The van der Waals surface area contributed by atoms with Crippen LogP contribution in [0, 0.1) is 11.8 Å². The number of nitrogens with one attached hydrogen (secondary N) is 2. The smallest absolute Gasteiger partial charge is 0.227 e. The summed E-state index contributed by atoms with van der Waals surface area (Å²) in [6.07, 6.45) is 3.84. The van der Waals surface area contributed by atoms with Gasteiger partial charge in [-0.15, -0.1) is 0 Å². The van der Waals surface area contributed by atoms with Crippen LogP contribution in [0.15, 0.2) is 54.9 Å². The molecule has 0 bridgehead atoms.